The van der Waals surface area contributed by atoms with Crippen molar-refractivity contribution >= 4 is 22.6 Å². The van der Waals surface area contributed by atoms with Crippen molar-refractivity contribution in [2.75, 3.05) is 13.7 Å². The Kier molecular flexibility index (Phi) is 4.69. The van der Waals surface area contributed by atoms with E-state index in [-0.39, 0.29) is 23.7 Å². The monoisotopic (exact) mass is 346 g/mol. The molecule has 0 aliphatic rings. The Morgan fingerprint density at radius 1 is 1.28 bits per heavy atom. The Bertz CT molecular complexity index is 917. The largest absolute Gasteiger partial charge is 0.503 e. The van der Waals surface area contributed by atoms with Gasteiger partial charge in [-0.2, -0.15) is 5.48 Å². The summed E-state index contributed by atoms with van der Waals surface area (Å²) in [6.07, 6.45) is 0. The van der Waals surface area contributed by atoms with Crippen LogP contribution in [0.15, 0.2) is 40.8 Å². The predicted molar refractivity (Wildman–Crippen MR) is 87.8 cm³/mol. The molecule has 130 valence electrons. The van der Waals surface area contributed by atoms with Crippen molar-refractivity contribution in [3.63, 3.8) is 0 Å². The first kappa shape index (κ1) is 16.9. The molecule has 25 heavy (non-hydrogen) atoms. The third kappa shape index (κ3) is 3.19. The SMILES string of the molecule is CCOC(=O)c1c(-c2ccc(F)cc2)oc2cc([NH2+]OC)c(O)cc12. The number of hydrogen-bond acceptors (Lipinski definition) is 5. The zero-order chi connectivity index (χ0) is 18.0. The van der Waals surface area contributed by atoms with E-state index in [0.29, 0.717) is 22.2 Å². The zero-order valence-electron chi connectivity index (χ0n) is 13.7. The molecule has 2 aromatic carbocycles. The number of quaternary nitrogens is 1. The molecule has 0 unspecified atom stereocenters. The van der Waals surface area contributed by atoms with Crippen LogP contribution in [-0.4, -0.2) is 24.8 Å². The zero-order valence-corrected chi connectivity index (χ0v) is 13.7. The number of rotatable bonds is 5. The van der Waals surface area contributed by atoms with Crippen LogP contribution in [0.4, 0.5) is 10.1 Å². The lowest BCUT2D eigenvalue weighted by atomic mass is 10.0. The molecule has 1 aromatic heterocycles. The van der Waals surface area contributed by atoms with E-state index in [9.17, 15) is 14.3 Å². The second-order valence-corrected chi connectivity index (χ2v) is 5.29. The Morgan fingerprint density at radius 2 is 2.00 bits per heavy atom. The fourth-order valence-electron chi connectivity index (χ4n) is 2.58. The summed E-state index contributed by atoms with van der Waals surface area (Å²) < 4.78 is 24.1. The van der Waals surface area contributed by atoms with Gasteiger partial charge in [-0.3, -0.25) is 0 Å². The van der Waals surface area contributed by atoms with E-state index >= 15 is 0 Å². The first-order valence-corrected chi connectivity index (χ1v) is 7.63. The van der Waals surface area contributed by atoms with Gasteiger partial charge in [0, 0.05) is 17.0 Å². The summed E-state index contributed by atoms with van der Waals surface area (Å²) in [5, 5.41) is 10.5. The maximum atomic E-state index is 13.2. The normalized spacial score (nSPS) is 11.0. The van der Waals surface area contributed by atoms with Crippen LogP contribution in [0.5, 0.6) is 5.75 Å². The summed E-state index contributed by atoms with van der Waals surface area (Å²) in [7, 11) is 1.46. The molecular formula is C18H17FNO5+. The number of carbonyl (C=O) groups is 1. The standard InChI is InChI=1S/C18H16FNO5/c1-3-24-18(22)16-12-8-14(21)13(20-23-2)9-15(12)25-17(16)10-4-6-11(19)7-5-10/h4-9,20-21H,3H2,1-2H3/p+1. The Morgan fingerprint density at radius 3 is 2.64 bits per heavy atom. The van der Waals surface area contributed by atoms with Crippen LogP contribution in [0.25, 0.3) is 22.3 Å². The van der Waals surface area contributed by atoms with Crippen LogP contribution in [0.2, 0.25) is 0 Å². The van der Waals surface area contributed by atoms with Crippen LogP contribution in [0, 0.1) is 5.82 Å². The van der Waals surface area contributed by atoms with Gasteiger partial charge in [-0.05, 0) is 37.3 Å². The van der Waals surface area contributed by atoms with Gasteiger partial charge in [0.05, 0.1) is 13.7 Å². The average molecular weight is 346 g/mol. The van der Waals surface area contributed by atoms with E-state index in [1.807, 2.05) is 0 Å². The van der Waals surface area contributed by atoms with Gasteiger partial charge in [0.1, 0.15) is 22.7 Å². The van der Waals surface area contributed by atoms with Crippen LogP contribution in [0.3, 0.4) is 0 Å². The fourth-order valence-corrected chi connectivity index (χ4v) is 2.58. The van der Waals surface area contributed by atoms with E-state index in [4.69, 9.17) is 14.0 Å². The molecule has 0 aliphatic carbocycles. The highest BCUT2D eigenvalue weighted by molar-refractivity contribution is 6.09. The first-order valence-electron chi connectivity index (χ1n) is 7.63. The number of phenolic OH excluding ortho intramolecular Hbond substituents is 1. The minimum atomic E-state index is -0.580. The lowest BCUT2D eigenvalue weighted by molar-refractivity contribution is -0.830. The molecule has 6 nitrogen and oxygen atoms in total. The summed E-state index contributed by atoms with van der Waals surface area (Å²) in [4.78, 5) is 17.4. The number of benzene rings is 2. The predicted octanol–water partition coefficient (Wildman–Crippen LogP) is 2.88. The van der Waals surface area contributed by atoms with Crippen molar-refractivity contribution in [3.8, 4) is 17.1 Å². The van der Waals surface area contributed by atoms with Crippen LogP contribution in [-0.2, 0) is 9.57 Å². The lowest BCUT2D eigenvalue weighted by Crippen LogP contribution is -2.75. The number of fused-ring (bicyclic) bond motifs is 1. The third-order valence-electron chi connectivity index (χ3n) is 3.67. The van der Waals surface area contributed by atoms with Crippen molar-refractivity contribution < 1.29 is 33.8 Å². The van der Waals surface area contributed by atoms with Gasteiger partial charge in [0.25, 0.3) is 0 Å². The molecule has 0 bridgehead atoms. The molecule has 0 saturated heterocycles. The summed E-state index contributed by atoms with van der Waals surface area (Å²) in [5.74, 6) is -0.788. The molecule has 0 fully saturated rings. The molecule has 7 heteroatoms. The lowest BCUT2D eigenvalue weighted by Gasteiger charge is -2.04. The van der Waals surface area contributed by atoms with Gasteiger partial charge in [0.15, 0.2) is 5.75 Å². The smallest absolute Gasteiger partial charge is 0.342 e. The molecule has 0 spiro atoms. The summed E-state index contributed by atoms with van der Waals surface area (Å²) in [6, 6.07) is 8.56. The highest BCUT2D eigenvalue weighted by atomic mass is 19.1. The van der Waals surface area contributed by atoms with Gasteiger partial charge in [-0.25, -0.2) is 14.0 Å². The molecule has 0 amide bonds. The first-order chi connectivity index (χ1) is 12.0. The number of ether oxygens (including phenoxy) is 1. The Hall–Kier alpha value is -2.90. The summed E-state index contributed by atoms with van der Waals surface area (Å²) >= 11 is 0. The van der Waals surface area contributed by atoms with Crippen molar-refractivity contribution in [2.45, 2.75) is 6.92 Å². The molecule has 3 rings (SSSR count). The Balaban J connectivity index is 2.25. The van der Waals surface area contributed by atoms with E-state index in [1.165, 1.54) is 42.9 Å². The second-order valence-electron chi connectivity index (χ2n) is 5.29. The molecule has 3 N–H and O–H groups in total. The Labute approximate surface area is 142 Å². The number of furan rings is 1. The molecule has 0 aliphatic heterocycles. The molecular weight excluding hydrogens is 329 g/mol. The van der Waals surface area contributed by atoms with Crippen molar-refractivity contribution in [3.05, 3.63) is 47.8 Å². The molecule has 3 aromatic rings. The maximum Gasteiger partial charge on any atom is 0.342 e. The van der Waals surface area contributed by atoms with Gasteiger partial charge in [-0.1, -0.05) is 0 Å². The second kappa shape index (κ2) is 6.92. The van der Waals surface area contributed by atoms with E-state index in [1.54, 1.807) is 13.0 Å². The number of halogens is 1. The number of hydrogen-bond donors (Lipinski definition) is 2. The molecule has 0 radical (unpaired) electrons. The number of carbonyl (C=O) groups excluding carboxylic acids is 1. The maximum absolute atomic E-state index is 13.2. The van der Waals surface area contributed by atoms with Gasteiger partial charge in [0.2, 0.25) is 5.69 Å². The minimum Gasteiger partial charge on any atom is -0.503 e. The van der Waals surface area contributed by atoms with Gasteiger partial charge >= 0.3 is 5.97 Å². The van der Waals surface area contributed by atoms with E-state index in [2.05, 4.69) is 0 Å². The minimum absolute atomic E-state index is 0.0636. The third-order valence-corrected chi connectivity index (χ3v) is 3.67. The molecule has 0 atom stereocenters. The topological polar surface area (TPSA) is 85.5 Å². The summed E-state index contributed by atoms with van der Waals surface area (Å²) in [5.41, 5.74) is 2.85. The van der Waals surface area contributed by atoms with E-state index in [0.717, 1.165) is 0 Å². The molecule has 1 heterocycles. The highest BCUT2D eigenvalue weighted by Crippen LogP contribution is 2.37. The van der Waals surface area contributed by atoms with Gasteiger partial charge in [-0.15, -0.1) is 0 Å². The number of esters is 1. The van der Waals surface area contributed by atoms with E-state index < -0.39 is 11.8 Å². The van der Waals surface area contributed by atoms with Crippen LogP contribution in [0.1, 0.15) is 17.3 Å². The number of aromatic hydroxyl groups is 1. The fraction of sp³-hybridized carbons (Fsp3) is 0.167. The van der Waals surface area contributed by atoms with Crippen LogP contribution < -0.4 is 5.48 Å². The quantitative estimate of drug-likeness (QED) is 0.321. The molecule has 0 saturated carbocycles. The highest BCUT2D eigenvalue weighted by Gasteiger charge is 2.25. The summed E-state index contributed by atoms with van der Waals surface area (Å²) in [6.45, 7) is 1.89. The average Bonchev–Trinajstić information content (AvgIpc) is 2.94. The van der Waals surface area contributed by atoms with Crippen molar-refractivity contribution in [1.29, 1.82) is 0 Å². The van der Waals surface area contributed by atoms with Crippen molar-refractivity contribution in [1.82, 2.24) is 0 Å². The number of phenols is 1. The number of nitrogens with two attached hydrogens (primary N) is 1. The van der Waals surface area contributed by atoms with Gasteiger partial charge < -0.3 is 14.3 Å². The van der Waals surface area contributed by atoms with Crippen molar-refractivity contribution in [2.24, 2.45) is 0 Å². The van der Waals surface area contributed by atoms with Crippen LogP contribution >= 0.6 is 0 Å².